The molecular formula is C10H20BrN. The van der Waals surface area contributed by atoms with Crippen LogP contribution < -0.4 is 0 Å². The average molecular weight is 234 g/mol. The van der Waals surface area contributed by atoms with Crippen molar-refractivity contribution < 1.29 is 0 Å². The Balaban J connectivity index is 2.39. The second-order valence-corrected chi connectivity index (χ2v) is 4.34. The van der Waals surface area contributed by atoms with Crippen LogP contribution >= 0.6 is 15.9 Å². The molecule has 72 valence electrons. The third kappa shape index (κ3) is 3.06. The standard InChI is InChI=1S/C10H20BrN/c1-2-7-12-8-5-3-4-6-10(12)9-11/h10H,2-9H2,1H3. The average Bonchev–Trinajstić information content (AvgIpc) is 2.30. The number of nitrogens with zero attached hydrogens (tertiary/aromatic N) is 1. The molecule has 12 heavy (non-hydrogen) atoms. The lowest BCUT2D eigenvalue weighted by molar-refractivity contribution is 0.218. The Bertz CT molecular complexity index is 116. The lowest BCUT2D eigenvalue weighted by atomic mass is 10.1. The Kier molecular flexibility index (Phi) is 5.24. The molecule has 0 aromatic rings. The van der Waals surface area contributed by atoms with Gasteiger partial charge in [-0.05, 0) is 32.4 Å². The van der Waals surface area contributed by atoms with Crippen LogP contribution in [0.5, 0.6) is 0 Å². The largest absolute Gasteiger partial charge is 0.300 e. The second kappa shape index (κ2) is 5.98. The topological polar surface area (TPSA) is 3.24 Å². The number of halogens is 1. The molecule has 1 fully saturated rings. The van der Waals surface area contributed by atoms with E-state index in [9.17, 15) is 0 Å². The molecule has 0 bridgehead atoms. The third-order valence-electron chi connectivity index (χ3n) is 2.69. The smallest absolute Gasteiger partial charge is 0.0192 e. The number of hydrogen-bond donors (Lipinski definition) is 0. The first-order chi connectivity index (χ1) is 5.88. The van der Waals surface area contributed by atoms with Crippen molar-refractivity contribution in [2.45, 2.75) is 45.1 Å². The van der Waals surface area contributed by atoms with Gasteiger partial charge in [0.2, 0.25) is 0 Å². The molecule has 0 N–H and O–H groups in total. The SMILES string of the molecule is CCCN1CCCCCC1CBr. The zero-order valence-corrected chi connectivity index (χ0v) is 9.65. The van der Waals surface area contributed by atoms with E-state index in [0.717, 1.165) is 11.4 Å². The Labute approximate surface area is 84.6 Å². The van der Waals surface area contributed by atoms with E-state index in [1.165, 1.54) is 45.2 Å². The number of rotatable bonds is 3. The zero-order chi connectivity index (χ0) is 8.81. The summed E-state index contributed by atoms with van der Waals surface area (Å²) in [5.74, 6) is 0. The van der Waals surface area contributed by atoms with Crippen molar-refractivity contribution in [3.8, 4) is 0 Å². The van der Waals surface area contributed by atoms with E-state index in [2.05, 4.69) is 27.8 Å². The van der Waals surface area contributed by atoms with Crippen molar-refractivity contribution in [3.05, 3.63) is 0 Å². The van der Waals surface area contributed by atoms with Gasteiger partial charge in [-0.25, -0.2) is 0 Å². The summed E-state index contributed by atoms with van der Waals surface area (Å²) in [5, 5.41) is 1.16. The normalized spacial score (nSPS) is 27.0. The summed E-state index contributed by atoms with van der Waals surface area (Å²) in [6, 6.07) is 0.812. The van der Waals surface area contributed by atoms with Gasteiger partial charge in [0.15, 0.2) is 0 Å². The molecule has 1 atom stereocenters. The fourth-order valence-electron chi connectivity index (χ4n) is 1.99. The van der Waals surface area contributed by atoms with Gasteiger partial charge in [-0.2, -0.15) is 0 Å². The molecule has 1 saturated heterocycles. The van der Waals surface area contributed by atoms with Crippen LogP contribution in [0.15, 0.2) is 0 Å². The molecule has 0 aliphatic carbocycles. The summed E-state index contributed by atoms with van der Waals surface area (Å²) in [6.45, 7) is 4.89. The molecule has 0 amide bonds. The van der Waals surface area contributed by atoms with Crippen LogP contribution in [0.2, 0.25) is 0 Å². The van der Waals surface area contributed by atoms with Crippen LogP contribution in [0.3, 0.4) is 0 Å². The van der Waals surface area contributed by atoms with Crippen molar-refractivity contribution in [3.63, 3.8) is 0 Å². The van der Waals surface area contributed by atoms with Crippen molar-refractivity contribution >= 4 is 15.9 Å². The summed E-state index contributed by atoms with van der Waals surface area (Å²) in [6.07, 6.45) is 6.96. The monoisotopic (exact) mass is 233 g/mol. The number of alkyl halides is 1. The lowest BCUT2D eigenvalue weighted by Gasteiger charge is -2.27. The summed E-state index contributed by atoms with van der Waals surface area (Å²) < 4.78 is 0. The highest BCUT2D eigenvalue weighted by molar-refractivity contribution is 9.09. The highest BCUT2D eigenvalue weighted by Crippen LogP contribution is 2.18. The molecule has 0 aromatic heterocycles. The maximum absolute atomic E-state index is 3.61. The van der Waals surface area contributed by atoms with Gasteiger partial charge >= 0.3 is 0 Å². The molecule has 0 aromatic carbocycles. The quantitative estimate of drug-likeness (QED) is 0.678. The number of hydrogen-bond acceptors (Lipinski definition) is 1. The Morgan fingerprint density at radius 2 is 2.17 bits per heavy atom. The minimum Gasteiger partial charge on any atom is -0.300 e. The predicted octanol–water partition coefficient (Wildman–Crippen LogP) is 3.04. The fourth-order valence-corrected chi connectivity index (χ4v) is 2.73. The summed E-state index contributed by atoms with van der Waals surface area (Å²) in [7, 11) is 0. The van der Waals surface area contributed by atoms with Crippen LogP contribution in [0.1, 0.15) is 39.0 Å². The molecule has 1 unspecified atom stereocenters. The molecule has 0 saturated carbocycles. The third-order valence-corrected chi connectivity index (χ3v) is 3.44. The first-order valence-corrected chi connectivity index (χ1v) is 6.30. The summed E-state index contributed by atoms with van der Waals surface area (Å²) >= 11 is 3.61. The predicted molar refractivity (Wildman–Crippen MR) is 57.9 cm³/mol. The Hall–Kier alpha value is 0.440. The first-order valence-electron chi connectivity index (χ1n) is 5.18. The molecule has 1 aliphatic heterocycles. The minimum atomic E-state index is 0.812. The Morgan fingerprint density at radius 1 is 1.33 bits per heavy atom. The molecule has 0 spiro atoms. The molecular weight excluding hydrogens is 214 g/mol. The summed E-state index contributed by atoms with van der Waals surface area (Å²) in [5.41, 5.74) is 0. The first kappa shape index (κ1) is 10.5. The van der Waals surface area contributed by atoms with E-state index >= 15 is 0 Å². The molecule has 2 heteroatoms. The Morgan fingerprint density at radius 3 is 2.83 bits per heavy atom. The molecule has 1 heterocycles. The lowest BCUT2D eigenvalue weighted by Crippen LogP contribution is -2.36. The zero-order valence-electron chi connectivity index (χ0n) is 8.06. The number of likely N-dealkylation sites (tertiary alicyclic amines) is 1. The van der Waals surface area contributed by atoms with Crippen LogP contribution in [-0.2, 0) is 0 Å². The molecule has 0 radical (unpaired) electrons. The van der Waals surface area contributed by atoms with Crippen LogP contribution in [-0.4, -0.2) is 29.4 Å². The summed E-state index contributed by atoms with van der Waals surface area (Å²) in [4.78, 5) is 2.65. The van der Waals surface area contributed by atoms with E-state index in [0.29, 0.717) is 0 Å². The van der Waals surface area contributed by atoms with Gasteiger partial charge in [0.25, 0.3) is 0 Å². The highest BCUT2D eigenvalue weighted by atomic mass is 79.9. The maximum Gasteiger partial charge on any atom is 0.0192 e. The van der Waals surface area contributed by atoms with Crippen molar-refractivity contribution in [1.29, 1.82) is 0 Å². The van der Waals surface area contributed by atoms with Crippen molar-refractivity contribution in [1.82, 2.24) is 4.90 Å². The van der Waals surface area contributed by atoms with Crippen LogP contribution in [0.4, 0.5) is 0 Å². The van der Waals surface area contributed by atoms with E-state index in [4.69, 9.17) is 0 Å². The van der Waals surface area contributed by atoms with Crippen LogP contribution in [0, 0.1) is 0 Å². The molecule has 1 rings (SSSR count). The van der Waals surface area contributed by atoms with Gasteiger partial charge in [-0.15, -0.1) is 0 Å². The highest BCUT2D eigenvalue weighted by Gasteiger charge is 2.18. The minimum absolute atomic E-state index is 0.812. The molecule has 1 aliphatic rings. The second-order valence-electron chi connectivity index (χ2n) is 3.69. The maximum atomic E-state index is 3.61. The van der Waals surface area contributed by atoms with Crippen molar-refractivity contribution in [2.75, 3.05) is 18.4 Å². The van der Waals surface area contributed by atoms with Gasteiger partial charge in [0.05, 0.1) is 0 Å². The van der Waals surface area contributed by atoms with Crippen LogP contribution in [0.25, 0.3) is 0 Å². The van der Waals surface area contributed by atoms with E-state index in [-0.39, 0.29) is 0 Å². The van der Waals surface area contributed by atoms with Crippen molar-refractivity contribution in [2.24, 2.45) is 0 Å². The van der Waals surface area contributed by atoms with E-state index < -0.39 is 0 Å². The molecule has 1 nitrogen and oxygen atoms in total. The van der Waals surface area contributed by atoms with Gasteiger partial charge < -0.3 is 0 Å². The fraction of sp³-hybridized carbons (Fsp3) is 1.00. The van der Waals surface area contributed by atoms with E-state index in [1.807, 2.05) is 0 Å². The van der Waals surface area contributed by atoms with E-state index in [1.54, 1.807) is 0 Å². The van der Waals surface area contributed by atoms with Gasteiger partial charge in [-0.1, -0.05) is 35.7 Å². The van der Waals surface area contributed by atoms with Gasteiger partial charge in [0.1, 0.15) is 0 Å². The van der Waals surface area contributed by atoms with Gasteiger partial charge in [0, 0.05) is 11.4 Å². The van der Waals surface area contributed by atoms with Gasteiger partial charge in [-0.3, -0.25) is 4.90 Å².